The molecule has 0 bridgehead atoms. The van der Waals surface area contributed by atoms with Crippen molar-refractivity contribution in [3.63, 3.8) is 0 Å². The van der Waals surface area contributed by atoms with Crippen LogP contribution < -0.4 is 4.90 Å². The molecule has 0 aliphatic carbocycles. The molecule has 0 saturated carbocycles. The number of hydrogen-bond acceptors (Lipinski definition) is 4. The standard InChI is InChI=1S/C16H16ClN5/c1-10-18-14(17)7-15(19-10)22-8-11(9-22)16-20-12-5-3-4-6-13(12)21(16)2/h3-7,11H,8-9H2,1-2H3. The highest BCUT2D eigenvalue weighted by molar-refractivity contribution is 6.29. The van der Waals surface area contributed by atoms with Crippen molar-refractivity contribution >= 4 is 28.5 Å². The monoisotopic (exact) mass is 313 g/mol. The molecule has 1 aromatic carbocycles. The molecule has 0 amide bonds. The number of fused-ring (bicyclic) bond motifs is 1. The number of hydrogen-bond donors (Lipinski definition) is 0. The highest BCUT2D eigenvalue weighted by atomic mass is 35.5. The Labute approximate surface area is 133 Å². The number of imidazole rings is 1. The fourth-order valence-corrected chi connectivity index (χ4v) is 3.26. The number of rotatable bonds is 2. The predicted molar refractivity (Wildman–Crippen MR) is 87.4 cm³/mol. The SMILES string of the molecule is Cc1nc(Cl)cc(N2CC(c3nc4ccccc4n3C)C2)n1. The number of aromatic nitrogens is 4. The third kappa shape index (κ3) is 2.13. The summed E-state index contributed by atoms with van der Waals surface area (Å²) in [5.74, 6) is 3.15. The third-order valence-corrected chi connectivity index (χ3v) is 4.38. The van der Waals surface area contributed by atoms with Gasteiger partial charge in [0.1, 0.15) is 22.6 Å². The molecule has 2 aromatic heterocycles. The van der Waals surface area contributed by atoms with E-state index in [1.165, 1.54) is 5.52 Å². The van der Waals surface area contributed by atoms with Gasteiger partial charge < -0.3 is 9.47 Å². The molecule has 5 nitrogen and oxygen atoms in total. The van der Waals surface area contributed by atoms with Crippen LogP contribution in [0.3, 0.4) is 0 Å². The van der Waals surface area contributed by atoms with Crippen molar-refractivity contribution in [2.75, 3.05) is 18.0 Å². The summed E-state index contributed by atoms with van der Waals surface area (Å²) in [5.41, 5.74) is 2.23. The minimum Gasteiger partial charge on any atom is -0.355 e. The molecule has 1 saturated heterocycles. The van der Waals surface area contributed by atoms with E-state index in [0.717, 1.165) is 30.2 Å². The molecule has 112 valence electrons. The molecule has 1 aliphatic heterocycles. The van der Waals surface area contributed by atoms with Gasteiger partial charge in [0, 0.05) is 26.2 Å². The van der Waals surface area contributed by atoms with Gasteiger partial charge in [-0.2, -0.15) is 0 Å². The van der Waals surface area contributed by atoms with Gasteiger partial charge in [0.2, 0.25) is 0 Å². The first-order valence-electron chi connectivity index (χ1n) is 7.29. The number of para-hydroxylation sites is 2. The Hall–Kier alpha value is -2.14. The predicted octanol–water partition coefficient (Wildman–Crippen LogP) is 2.93. The van der Waals surface area contributed by atoms with Crippen molar-refractivity contribution < 1.29 is 0 Å². The second-order valence-corrected chi connectivity index (χ2v) is 6.10. The van der Waals surface area contributed by atoms with E-state index in [1.54, 1.807) is 0 Å². The summed E-state index contributed by atoms with van der Waals surface area (Å²) < 4.78 is 2.19. The van der Waals surface area contributed by atoms with Crippen LogP contribution in [0.5, 0.6) is 0 Å². The molecule has 0 atom stereocenters. The molecule has 0 radical (unpaired) electrons. The molecular weight excluding hydrogens is 298 g/mol. The van der Waals surface area contributed by atoms with E-state index in [9.17, 15) is 0 Å². The highest BCUT2D eigenvalue weighted by Gasteiger charge is 2.32. The van der Waals surface area contributed by atoms with E-state index < -0.39 is 0 Å². The van der Waals surface area contributed by atoms with Gasteiger partial charge in [0.15, 0.2) is 0 Å². The second-order valence-electron chi connectivity index (χ2n) is 5.72. The molecule has 3 heterocycles. The maximum absolute atomic E-state index is 6.01. The van der Waals surface area contributed by atoms with E-state index >= 15 is 0 Å². The maximum atomic E-state index is 6.01. The number of aryl methyl sites for hydroxylation is 2. The van der Waals surface area contributed by atoms with E-state index in [4.69, 9.17) is 16.6 Å². The van der Waals surface area contributed by atoms with E-state index in [0.29, 0.717) is 16.9 Å². The summed E-state index contributed by atoms with van der Waals surface area (Å²) in [6.07, 6.45) is 0. The molecule has 0 unspecified atom stereocenters. The minimum atomic E-state index is 0.423. The molecular formula is C16H16ClN5. The average Bonchev–Trinajstić information content (AvgIpc) is 2.74. The van der Waals surface area contributed by atoms with Gasteiger partial charge in [-0.1, -0.05) is 23.7 Å². The van der Waals surface area contributed by atoms with Crippen LogP contribution in [-0.2, 0) is 7.05 Å². The van der Waals surface area contributed by atoms with Crippen LogP contribution in [0, 0.1) is 6.92 Å². The first-order chi connectivity index (χ1) is 10.6. The quantitative estimate of drug-likeness (QED) is 0.682. The van der Waals surface area contributed by atoms with Crippen LogP contribution in [0.25, 0.3) is 11.0 Å². The number of halogens is 1. The fraction of sp³-hybridized carbons (Fsp3) is 0.312. The number of nitrogens with zero attached hydrogens (tertiary/aromatic N) is 5. The third-order valence-electron chi connectivity index (χ3n) is 4.19. The Bertz CT molecular complexity index is 831. The van der Waals surface area contributed by atoms with Gasteiger partial charge in [-0.3, -0.25) is 0 Å². The van der Waals surface area contributed by atoms with E-state index in [-0.39, 0.29) is 0 Å². The van der Waals surface area contributed by atoms with Gasteiger partial charge in [-0.05, 0) is 19.1 Å². The zero-order chi connectivity index (χ0) is 15.3. The number of benzene rings is 1. The lowest BCUT2D eigenvalue weighted by atomic mass is 9.99. The Morgan fingerprint density at radius 2 is 1.91 bits per heavy atom. The average molecular weight is 314 g/mol. The lowest BCUT2D eigenvalue weighted by Gasteiger charge is -2.39. The summed E-state index contributed by atoms with van der Waals surface area (Å²) in [6, 6.07) is 10.1. The van der Waals surface area contributed by atoms with Crippen molar-refractivity contribution in [3.05, 3.63) is 47.1 Å². The Morgan fingerprint density at radius 3 is 2.64 bits per heavy atom. The van der Waals surface area contributed by atoms with E-state index in [2.05, 4.69) is 38.6 Å². The van der Waals surface area contributed by atoms with Crippen molar-refractivity contribution in [2.45, 2.75) is 12.8 Å². The summed E-state index contributed by atoms with van der Waals surface area (Å²) in [5, 5.41) is 0.494. The highest BCUT2D eigenvalue weighted by Crippen LogP contribution is 2.32. The fourth-order valence-electron chi connectivity index (χ4n) is 3.04. The smallest absolute Gasteiger partial charge is 0.134 e. The van der Waals surface area contributed by atoms with Crippen molar-refractivity contribution in [1.82, 2.24) is 19.5 Å². The Balaban J connectivity index is 1.58. The van der Waals surface area contributed by atoms with Crippen LogP contribution in [0.4, 0.5) is 5.82 Å². The zero-order valence-electron chi connectivity index (χ0n) is 12.5. The molecule has 0 spiro atoms. The molecule has 6 heteroatoms. The Kier molecular flexibility index (Phi) is 3.04. The van der Waals surface area contributed by atoms with Crippen molar-refractivity contribution in [3.8, 4) is 0 Å². The maximum Gasteiger partial charge on any atom is 0.134 e. The molecule has 1 aliphatic rings. The summed E-state index contributed by atoms with van der Waals surface area (Å²) >= 11 is 6.01. The Morgan fingerprint density at radius 1 is 1.14 bits per heavy atom. The molecule has 3 aromatic rings. The first-order valence-corrected chi connectivity index (χ1v) is 7.67. The lowest BCUT2D eigenvalue weighted by molar-refractivity contribution is 0.485. The zero-order valence-corrected chi connectivity index (χ0v) is 13.2. The minimum absolute atomic E-state index is 0.423. The largest absolute Gasteiger partial charge is 0.355 e. The van der Waals surface area contributed by atoms with Crippen molar-refractivity contribution in [2.24, 2.45) is 7.05 Å². The second kappa shape index (κ2) is 4.95. The van der Waals surface area contributed by atoms with Gasteiger partial charge in [-0.25, -0.2) is 15.0 Å². The normalized spacial score (nSPS) is 15.3. The lowest BCUT2D eigenvalue weighted by Crippen LogP contribution is -2.46. The number of anilines is 1. The summed E-state index contributed by atoms with van der Waals surface area (Å²) in [6.45, 7) is 3.67. The van der Waals surface area contributed by atoms with Crippen LogP contribution in [-0.4, -0.2) is 32.6 Å². The van der Waals surface area contributed by atoms with Gasteiger partial charge >= 0.3 is 0 Å². The van der Waals surface area contributed by atoms with Crippen LogP contribution in [0.2, 0.25) is 5.15 Å². The molecule has 22 heavy (non-hydrogen) atoms. The van der Waals surface area contributed by atoms with E-state index in [1.807, 2.05) is 25.1 Å². The van der Waals surface area contributed by atoms with Gasteiger partial charge in [0.05, 0.1) is 17.0 Å². The van der Waals surface area contributed by atoms with Gasteiger partial charge in [0.25, 0.3) is 0 Å². The molecule has 4 rings (SSSR count). The van der Waals surface area contributed by atoms with Crippen molar-refractivity contribution in [1.29, 1.82) is 0 Å². The summed E-state index contributed by atoms with van der Waals surface area (Å²) in [7, 11) is 2.08. The topological polar surface area (TPSA) is 46.8 Å². The van der Waals surface area contributed by atoms with Crippen LogP contribution in [0.1, 0.15) is 17.6 Å². The van der Waals surface area contributed by atoms with Crippen LogP contribution in [0.15, 0.2) is 30.3 Å². The molecule has 0 N–H and O–H groups in total. The molecule has 1 fully saturated rings. The summed E-state index contributed by atoms with van der Waals surface area (Å²) in [4.78, 5) is 15.5. The van der Waals surface area contributed by atoms with Crippen LogP contribution >= 0.6 is 11.6 Å². The van der Waals surface area contributed by atoms with Gasteiger partial charge in [-0.15, -0.1) is 0 Å². The first kappa shape index (κ1) is 13.5.